The summed E-state index contributed by atoms with van der Waals surface area (Å²) in [6.45, 7) is 2.41. The number of aliphatic hydroxyl groups is 1. The van der Waals surface area contributed by atoms with Gasteiger partial charge in [0, 0.05) is 54.3 Å². The van der Waals surface area contributed by atoms with Crippen molar-refractivity contribution < 1.29 is 39.4 Å². The molecule has 71 heavy (non-hydrogen) atoms. The van der Waals surface area contributed by atoms with E-state index in [1.165, 1.54) is 22.3 Å². The van der Waals surface area contributed by atoms with Crippen LogP contribution in [-0.2, 0) is 51.9 Å². The number of hydrogen-bond donors (Lipinski definition) is 6. The lowest BCUT2D eigenvalue weighted by Crippen LogP contribution is -2.47. The lowest BCUT2D eigenvalue weighted by Gasteiger charge is -2.49. The number of fused-ring (bicyclic) bond motifs is 7. The van der Waals surface area contributed by atoms with E-state index in [-0.39, 0.29) is 41.5 Å². The fraction of sp³-hybridized carbons (Fsp3) is 0.400. The van der Waals surface area contributed by atoms with Gasteiger partial charge in [0.2, 0.25) is 0 Å². The SMILES string of the molecule is COCNC1C=CC2=C(N1)n1cc3cc([C@@]45CCOC[C@H]4CCc4ccccc45)cc(c3c1)COc1cc(ccc1O)CC[C@@H](O)C[C@H](CCCCCCc1ccc(O)c(Cc3cccc(O)c3)c1)OC2. The first-order valence-corrected chi connectivity index (χ1v) is 25.8. The molecule has 6 aromatic rings. The highest BCUT2D eigenvalue weighted by atomic mass is 16.5. The van der Waals surface area contributed by atoms with Gasteiger partial charge < -0.3 is 49.3 Å². The molecule has 6 N–H and O–H groups in total. The van der Waals surface area contributed by atoms with Gasteiger partial charge in [0.25, 0.3) is 0 Å². The van der Waals surface area contributed by atoms with Crippen molar-refractivity contribution in [3.05, 3.63) is 172 Å². The van der Waals surface area contributed by atoms with E-state index in [9.17, 15) is 20.4 Å². The number of dihydropyridines is 1. The first-order valence-electron chi connectivity index (χ1n) is 25.8. The zero-order valence-corrected chi connectivity index (χ0v) is 41.0. The molecule has 5 aromatic carbocycles. The highest BCUT2D eigenvalue weighted by Crippen LogP contribution is 2.52. The van der Waals surface area contributed by atoms with Crippen LogP contribution < -0.4 is 15.4 Å². The Morgan fingerprint density at radius 3 is 2.62 bits per heavy atom. The number of ether oxygens (including phenoxy) is 4. The van der Waals surface area contributed by atoms with Crippen LogP contribution in [0.2, 0.25) is 0 Å². The number of benzene rings is 5. The standard InChI is InChI=1S/C60H69N3O8/c1-68-39-61-58-24-19-44-36-70-52(13-5-3-2-4-9-40-16-22-55(66)45(27-40)28-42-10-8-12-50(64)29-42)33-51(65)21-15-41-17-23-56(67)57(30-41)71-37-47-32-49(31-46-34-63(35-53(46)47)59(44)62-58)60-25-26-69-38-48(60)20-18-43-11-6-7-14-54(43)60/h6-8,10-12,14,16-17,19,22-24,27,29-32,34-35,48,51-52,58,61-62,64-67H,2-5,9,13,15,18,20-21,25-26,28,33,36-39H2,1H3/t48-,51-,52+,58?,60-/m1/s1. The molecule has 4 heterocycles. The second-order valence-electron chi connectivity index (χ2n) is 20.2. The Hall–Kier alpha value is -6.08. The van der Waals surface area contributed by atoms with Crippen molar-refractivity contribution in [2.45, 2.75) is 114 Å². The van der Waals surface area contributed by atoms with Gasteiger partial charge in [0.15, 0.2) is 11.5 Å². The van der Waals surface area contributed by atoms with Crippen molar-refractivity contribution in [3.8, 4) is 23.0 Å². The number of unbranched alkanes of at least 4 members (excludes halogenated alkanes) is 3. The highest BCUT2D eigenvalue weighted by Gasteiger charge is 2.47. The van der Waals surface area contributed by atoms with Gasteiger partial charge >= 0.3 is 0 Å². The minimum absolute atomic E-state index is 0.0896. The van der Waals surface area contributed by atoms with Crippen molar-refractivity contribution in [1.82, 2.24) is 15.2 Å². The smallest absolute Gasteiger partial charge is 0.161 e. The normalized spacial score (nSPS) is 22.5. The van der Waals surface area contributed by atoms with Crippen molar-refractivity contribution in [3.63, 3.8) is 0 Å². The Kier molecular flexibility index (Phi) is 15.1. The van der Waals surface area contributed by atoms with E-state index in [1.807, 2.05) is 30.3 Å². The second-order valence-corrected chi connectivity index (χ2v) is 20.2. The molecule has 1 saturated heterocycles. The molecule has 4 aliphatic rings. The Morgan fingerprint density at radius 2 is 1.72 bits per heavy atom. The van der Waals surface area contributed by atoms with Crippen LogP contribution in [0.5, 0.6) is 23.0 Å². The molecule has 10 rings (SSSR count). The summed E-state index contributed by atoms with van der Waals surface area (Å²) >= 11 is 0. The summed E-state index contributed by atoms with van der Waals surface area (Å²) in [6.07, 6.45) is 18.7. The summed E-state index contributed by atoms with van der Waals surface area (Å²) in [4.78, 5) is 0. The van der Waals surface area contributed by atoms with Crippen LogP contribution in [0, 0.1) is 5.92 Å². The summed E-state index contributed by atoms with van der Waals surface area (Å²) in [5, 5.41) is 52.6. The summed E-state index contributed by atoms with van der Waals surface area (Å²) in [7, 11) is 1.68. The number of phenolic OH excluding ortho intramolecular Hbond substituents is 3. The van der Waals surface area contributed by atoms with Gasteiger partial charge in [0.05, 0.1) is 38.3 Å². The maximum absolute atomic E-state index is 11.6. The molecule has 0 amide bonds. The number of aromatic hydroxyl groups is 3. The predicted octanol–water partition coefficient (Wildman–Crippen LogP) is 10.3. The summed E-state index contributed by atoms with van der Waals surface area (Å²) in [5.41, 5.74) is 9.90. The number of aryl methyl sites for hydroxylation is 3. The monoisotopic (exact) mass is 960 g/mol. The van der Waals surface area contributed by atoms with E-state index >= 15 is 0 Å². The van der Waals surface area contributed by atoms with Crippen molar-refractivity contribution in [2.24, 2.45) is 5.92 Å². The van der Waals surface area contributed by atoms with E-state index in [2.05, 4.69) is 82.2 Å². The third-order valence-electron chi connectivity index (χ3n) is 15.4. The van der Waals surface area contributed by atoms with Crippen LogP contribution in [0.3, 0.4) is 0 Å². The van der Waals surface area contributed by atoms with Gasteiger partial charge in [-0.2, -0.15) is 0 Å². The zero-order chi connectivity index (χ0) is 48.7. The number of aromatic nitrogens is 1. The lowest BCUT2D eigenvalue weighted by atomic mass is 9.57. The molecule has 3 aliphatic heterocycles. The number of phenols is 3. The van der Waals surface area contributed by atoms with E-state index in [0.717, 1.165) is 109 Å². The fourth-order valence-corrected chi connectivity index (χ4v) is 11.7. The molecule has 11 heteroatoms. The Bertz CT molecular complexity index is 2870. The highest BCUT2D eigenvalue weighted by molar-refractivity contribution is 5.88. The molecular weight excluding hydrogens is 891 g/mol. The van der Waals surface area contributed by atoms with Crippen molar-refractivity contribution >= 4 is 16.6 Å². The molecule has 1 unspecified atom stereocenters. The summed E-state index contributed by atoms with van der Waals surface area (Å²) < 4.78 is 27.3. The molecule has 4 bridgehead atoms. The van der Waals surface area contributed by atoms with Crippen molar-refractivity contribution in [2.75, 3.05) is 33.7 Å². The van der Waals surface area contributed by atoms with Gasteiger partial charge in [-0.25, -0.2) is 0 Å². The first kappa shape index (κ1) is 48.5. The van der Waals surface area contributed by atoms with Crippen LogP contribution in [-0.4, -0.2) is 77.0 Å². The maximum Gasteiger partial charge on any atom is 0.161 e. The van der Waals surface area contributed by atoms with Crippen LogP contribution in [0.1, 0.15) is 102 Å². The third-order valence-corrected chi connectivity index (χ3v) is 15.4. The van der Waals surface area contributed by atoms with Gasteiger partial charge in [-0.1, -0.05) is 86.0 Å². The first-order chi connectivity index (χ1) is 34.7. The Balaban J connectivity index is 0.925. The minimum Gasteiger partial charge on any atom is -0.508 e. The molecule has 5 atom stereocenters. The molecule has 0 spiro atoms. The summed E-state index contributed by atoms with van der Waals surface area (Å²) in [6, 6.07) is 32.3. The Labute approximate surface area is 417 Å². The van der Waals surface area contributed by atoms with Gasteiger partial charge in [-0.05, 0) is 151 Å². The van der Waals surface area contributed by atoms with Crippen LogP contribution >= 0.6 is 0 Å². The number of aliphatic hydroxyl groups excluding tert-OH is 1. The number of nitrogens with one attached hydrogen (secondary N) is 2. The largest absolute Gasteiger partial charge is 0.508 e. The van der Waals surface area contributed by atoms with Gasteiger partial charge in [-0.15, -0.1) is 0 Å². The molecule has 0 saturated carbocycles. The maximum atomic E-state index is 11.6. The van der Waals surface area contributed by atoms with Crippen LogP contribution in [0.4, 0.5) is 0 Å². The average Bonchev–Trinajstić information content (AvgIpc) is 3.83. The van der Waals surface area contributed by atoms with Gasteiger partial charge in [0.1, 0.15) is 23.9 Å². The zero-order valence-electron chi connectivity index (χ0n) is 41.0. The number of methoxy groups -OCH3 is 1. The predicted molar refractivity (Wildman–Crippen MR) is 278 cm³/mol. The molecule has 1 fully saturated rings. The second kappa shape index (κ2) is 22.1. The Morgan fingerprint density at radius 1 is 0.831 bits per heavy atom. The summed E-state index contributed by atoms with van der Waals surface area (Å²) in [5.74, 6) is 2.25. The third kappa shape index (κ3) is 11.1. The lowest BCUT2D eigenvalue weighted by molar-refractivity contribution is 0.00498. The fourth-order valence-electron chi connectivity index (χ4n) is 11.7. The molecular formula is C60H69N3O8. The number of rotatable bonds is 13. The molecule has 372 valence electrons. The van der Waals surface area contributed by atoms with Crippen LogP contribution in [0.25, 0.3) is 16.6 Å². The van der Waals surface area contributed by atoms with E-state index in [1.54, 1.807) is 31.4 Å². The topological polar surface area (TPSA) is 147 Å². The van der Waals surface area contributed by atoms with Gasteiger partial charge in [-0.3, -0.25) is 5.32 Å². The van der Waals surface area contributed by atoms with Crippen molar-refractivity contribution in [1.29, 1.82) is 0 Å². The van der Waals surface area contributed by atoms with E-state index in [0.29, 0.717) is 57.3 Å². The molecule has 1 aromatic heterocycles. The van der Waals surface area contributed by atoms with E-state index < -0.39 is 6.10 Å². The molecule has 1 aliphatic carbocycles. The molecule has 11 nitrogen and oxygen atoms in total. The minimum atomic E-state index is -0.585. The number of hydrogen-bond acceptors (Lipinski definition) is 10. The molecule has 0 radical (unpaired) electrons. The van der Waals surface area contributed by atoms with Crippen LogP contribution in [0.15, 0.2) is 127 Å². The average molecular weight is 960 g/mol. The quantitative estimate of drug-likeness (QED) is 0.0489. The van der Waals surface area contributed by atoms with E-state index in [4.69, 9.17) is 18.9 Å². The number of nitrogens with zero attached hydrogens (tertiary/aromatic N) is 1.